The van der Waals surface area contributed by atoms with Crippen molar-refractivity contribution in [2.24, 2.45) is 0 Å². The first-order valence-electron chi connectivity index (χ1n) is 6.93. The van der Waals surface area contributed by atoms with Crippen LogP contribution in [0.5, 0.6) is 0 Å². The number of benzene rings is 2. The van der Waals surface area contributed by atoms with E-state index in [0.717, 1.165) is 11.3 Å². The monoisotopic (exact) mass is 297 g/mol. The zero-order valence-electron chi connectivity index (χ0n) is 12.7. The number of ether oxygens (including phenoxy) is 1. The minimum absolute atomic E-state index is 0.145. The van der Waals surface area contributed by atoms with Crippen LogP contribution in [0.15, 0.2) is 60.9 Å². The van der Waals surface area contributed by atoms with Gasteiger partial charge in [0, 0.05) is 19.3 Å². The van der Waals surface area contributed by atoms with Gasteiger partial charge in [0.15, 0.2) is 0 Å². The maximum Gasteiger partial charge on any atom is 0.339 e. The van der Waals surface area contributed by atoms with E-state index in [0.29, 0.717) is 12.1 Å². The fourth-order valence-electron chi connectivity index (χ4n) is 2.24. The summed E-state index contributed by atoms with van der Waals surface area (Å²) >= 11 is 0. The van der Waals surface area contributed by atoms with E-state index in [-0.39, 0.29) is 5.57 Å². The predicted molar refractivity (Wildman–Crippen MR) is 87.6 cm³/mol. The first-order chi connectivity index (χ1) is 10.6. The summed E-state index contributed by atoms with van der Waals surface area (Å²) in [6, 6.07) is 17.5. The van der Waals surface area contributed by atoms with Crippen LogP contribution in [0.1, 0.15) is 11.1 Å². The van der Waals surface area contributed by atoms with Crippen molar-refractivity contribution in [2.45, 2.75) is 6.54 Å². The van der Waals surface area contributed by atoms with Gasteiger partial charge in [0.2, 0.25) is 0 Å². The third-order valence-corrected chi connectivity index (χ3v) is 3.32. The molecule has 0 aliphatic rings. The zero-order chi connectivity index (χ0) is 15.9. The van der Waals surface area contributed by atoms with Crippen molar-refractivity contribution in [1.29, 1.82) is 0 Å². The minimum atomic E-state index is -1.00. The average molecular weight is 297 g/mol. The van der Waals surface area contributed by atoms with Gasteiger partial charge in [-0.1, -0.05) is 36.4 Å². The first kappa shape index (κ1) is 15.6. The van der Waals surface area contributed by atoms with Crippen molar-refractivity contribution in [1.82, 2.24) is 0 Å². The lowest BCUT2D eigenvalue weighted by Gasteiger charge is -2.19. The van der Waals surface area contributed by atoms with Crippen LogP contribution in [0.25, 0.3) is 5.57 Å². The lowest BCUT2D eigenvalue weighted by molar-refractivity contribution is -0.130. The first-order valence-corrected chi connectivity index (χ1v) is 6.93. The van der Waals surface area contributed by atoms with Crippen molar-refractivity contribution in [3.05, 3.63) is 72.0 Å². The Morgan fingerprint density at radius 2 is 1.91 bits per heavy atom. The number of carbonyl (C=O) groups is 1. The molecule has 0 unspecified atom stereocenters. The van der Waals surface area contributed by atoms with E-state index in [1.165, 1.54) is 13.4 Å². The second-order valence-corrected chi connectivity index (χ2v) is 4.96. The fraction of sp³-hybridized carbons (Fsp3) is 0.167. The zero-order valence-corrected chi connectivity index (χ0v) is 12.7. The molecule has 4 heteroatoms. The molecular formula is C18H19NO3. The number of hydrogen-bond acceptors (Lipinski definition) is 3. The summed E-state index contributed by atoms with van der Waals surface area (Å²) in [4.78, 5) is 13.4. The van der Waals surface area contributed by atoms with Gasteiger partial charge in [-0.3, -0.25) is 0 Å². The Kier molecular flexibility index (Phi) is 5.20. The van der Waals surface area contributed by atoms with Gasteiger partial charge < -0.3 is 14.7 Å². The van der Waals surface area contributed by atoms with Gasteiger partial charge in [-0.2, -0.15) is 0 Å². The molecule has 4 nitrogen and oxygen atoms in total. The highest BCUT2D eigenvalue weighted by Gasteiger charge is 2.12. The summed E-state index contributed by atoms with van der Waals surface area (Å²) < 4.78 is 4.86. The van der Waals surface area contributed by atoms with Crippen molar-refractivity contribution in [3.8, 4) is 0 Å². The van der Waals surface area contributed by atoms with E-state index in [1.54, 1.807) is 6.07 Å². The summed E-state index contributed by atoms with van der Waals surface area (Å²) in [6.07, 6.45) is 1.25. The SMILES string of the molecule is COC=C(C(=O)O)c1cccc(CN(C)c2ccccc2)c1. The summed E-state index contributed by atoms with van der Waals surface area (Å²) in [5.41, 5.74) is 2.92. The Bertz CT molecular complexity index is 665. The number of rotatable bonds is 6. The third-order valence-electron chi connectivity index (χ3n) is 3.32. The molecule has 0 aromatic heterocycles. The van der Waals surface area contributed by atoms with Crippen LogP contribution in [0, 0.1) is 0 Å². The molecule has 0 fully saturated rings. The Morgan fingerprint density at radius 1 is 1.18 bits per heavy atom. The van der Waals surface area contributed by atoms with Gasteiger partial charge in [-0.25, -0.2) is 4.79 Å². The Morgan fingerprint density at radius 3 is 2.55 bits per heavy atom. The smallest absolute Gasteiger partial charge is 0.339 e. The topological polar surface area (TPSA) is 49.8 Å². The van der Waals surface area contributed by atoms with Gasteiger partial charge in [-0.05, 0) is 29.3 Å². The van der Waals surface area contributed by atoms with Crippen molar-refractivity contribution >= 4 is 17.2 Å². The van der Waals surface area contributed by atoms with Crippen molar-refractivity contribution < 1.29 is 14.6 Å². The maximum atomic E-state index is 11.3. The van der Waals surface area contributed by atoms with Gasteiger partial charge in [-0.15, -0.1) is 0 Å². The lowest BCUT2D eigenvalue weighted by Crippen LogP contribution is -2.16. The van der Waals surface area contributed by atoms with Gasteiger partial charge >= 0.3 is 5.97 Å². The number of carboxylic acids is 1. The number of carboxylic acid groups (broad SMARTS) is 1. The van der Waals surface area contributed by atoms with E-state index in [4.69, 9.17) is 4.74 Å². The summed E-state index contributed by atoms with van der Waals surface area (Å²) in [7, 11) is 3.45. The fourth-order valence-corrected chi connectivity index (χ4v) is 2.24. The second-order valence-electron chi connectivity index (χ2n) is 4.96. The molecule has 0 saturated heterocycles. The van der Waals surface area contributed by atoms with Crippen LogP contribution < -0.4 is 4.90 Å². The summed E-state index contributed by atoms with van der Waals surface area (Å²) in [5, 5.41) is 9.25. The molecular weight excluding hydrogens is 278 g/mol. The number of para-hydroxylation sites is 1. The quantitative estimate of drug-likeness (QED) is 0.656. The number of aliphatic carboxylic acids is 1. The second kappa shape index (κ2) is 7.31. The lowest BCUT2D eigenvalue weighted by atomic mass is 10.0. The van der Waals surface area contributed by atoms with Crippen LogP contribution >= 0.6 is 0 Å². The molecule has 0 radical (unpaired) electrons. The molecule has 0 saturated carbocycles. The molecule has 0 bridgehead atoms. The highest BCUT2D eigenvalue weighted by atomic mass is 16.5. The van der Waals surface area contributed by atoms with Crippen LogP contribution in [-0.4, -0.2) is 25.2 Å². The molecule has 0 aliphatic heterocycles. The van der Waals surface area contributed by atoms with Crippen molar-refractivity contribution in [2.75, 3.05) is 19.1 Å². The largest absolute Gasteiger partial charge is 0.503 e. The number of methoxy groups -OCH3 is 1. The standard InChI is InChI=1S/C18H19NO3/c1-19(16-9-4-3-5-10-16)12-14-7-6-8-15(11-14)17(13-22-2)18(20)21/h3-11,13H,12H2,1-2H3,(H,20,21). The van der Waals surface area contributed by atoms with Gasteiger partial charge in [0.05, 0.1) is 13.4 Å². The van der Waals surface area contributed by atoms with Crippen molar-refractivity contribution in [3.63, 3.8) is 0 Å². The highest BCUT2D eigenvalue weighted by Crippen LogP contribution is 2.19. The van der Waals surface area contributed by atoms with Crippen LogP contribution in [0.4, 0.5) is 5.69 Å². The Labute approximate surface area is 130 Å². The Hall–Kier alpha value is -2.75. The number of nitrogens with zero attached hydrogens (tertiary/aromatic N) is 1. The molecule has 2 aromatic carbocycles. The summed E-state index contributed by atoms with van der Waals surface area (Å²) in [5.74, 6) is -1.00. The number of hydrogen-bond donors (Lipinski definition) is 1. The van der Waals surface area contributed by atoms with Gasteiger partial charge in [0.25, 0.3) is 0 Å². The van der Waals surface area contributed by atoms with Gasteiger partial charge in [0.1, 0.15) is 5.57 Å². The number of anilines is 1. The third kappa shape index (κ3) is 3.88. The van der Waals surface area contributed by atoms with Crippen LogP contribution in [0.3, 0.4) is 0 Å². The molecule has 2 rings (SSSR count). The molecule has 0 aliphatic carbocycles. The molecule has 0 amide bonds. The van der Waals surface area contributed by atoms with Crippen LogP contribution in [0.2, 0.25) is 0 Å². The average Bonchev–Trinajstić information content (AvgIpc) is 2.53. The van der Waals surface area contributed by atoms with Crippen LogP contribution in [-0.2, 0) is 16.1 Å². The van der Waals surface area contributed by atoms with E-state index in [1.807, 2.05) is 55.6 Å². The van der Waals surface area contributed by atoms with E-state index >= 15 is 0 Å². The molecule has 1 N–H and O–H groups in total. The van der Waals surface area contributed by atoms with E-state index < -0.39 is 5.97 Å². The molecule has 2 aromatic rings. The van der Waals surface area contributed by atoms with E-state index in [9.17, 15) is 9.90 Å². The summed E-state index contributed by atoms with van der Waals surface area (Å²) in [6.45, 7) is 0.692. The van der Waals surface area contributed by atoms with E-state index in [2.05, 4.69) is 4.90 Å². The predicted octanol–water partition coefficient (Wildman–Crippen LogP) is 3.39. The molecule has 22 heavy (non-hydrogen) atoms. The molecule has 0 atom stereocenters. The molecule has 114 valence electrons. The Balaban J connectivity index is 2.22. The minimum Gasteiger partial charge on any atom is -0.503 e. The molecule has 0 spiro atoms. The normalized spacial score (nSPS) is 11.1. The highest BCUT2D eigenvalue weighted by molar-refractivity contribution is 6.15. The maximum absolute atomic E-state index is 11.3. The molecule has 0 heterocycles.